The van der Waals surface area contributed by atoms with E-state index in [4.69, 9.17) is 0 Å². The highest BCUT2D eigenvalue weighted by Gasteiger charge is 2.31. The molecule has 0 amide bonds. The van der Waals surface area contributed by atoms with Gasteiger partial charge in [0, 0.05) is 0 Å². The minimum absolute atomic E-state index is 1.01. The predicted molar refractivity (Wildman–Crippen MR) is 111 cm³/mol. The van der Waals surface area contributed by atoms with Gasteiger partial charge in [0.2, 0.25) is 0 Å². The molecule has 6 heteroatoms. The lowest BCUT2D eigenvalue weighted by Crippen LogP contribution is -2.38. The van der Waals surface area contributed by atoms with Gasteiger partial charge in [-0.3, -0.25) is 0 Å². The molecular formula is C18H38B3N3. The maximum Gasteiger partial charge on any atom is 0.185 e. The van der Waals surface area contributed by atoms with Crippen LogP contribution in [0, 0.1) is 23.7 Å². The Morgan fingerprint density at radius 2 is 0.917 bits per heavy atom. The lowest BCUT2D eigenvalue weighted by molar-refractivity contribution is 0.126. The molecule has 0 N–H and O–H groups in total. The fourth-order valence-electron chi connectivity index (χ4n) is 5.43. The molecule has 3 nitrogen and oxygen atoms in total. The molecule has 0 aromatic carbocycles. The zero-order chi connectivity index (χ0) is 16.9. The summed E-state index contributed by atoms with van der Waals surface area (Å²) in [4.78, 5) is 7.59. The fourth-order valence-corrected chi connectivity index (χ4v) is 5.43. The average molecular weight is 329 g/mol. The third kappa shape index (κ3) is 5.54. The van der Waals surface area contributed by atoms with Crippen LogP contribution >= 0.6 is 0 Å². The minimum Gasteiger partial charge on any atom is -0.349 e. The van der Waals surface area contributed by atoms with Gasteiger partial charge < -0.3 is 14.4 Å². The molecule has 0 bridgehead atoms. The molecule has 24 heavy (non-hydrogen) atoms. The number of hydrogen-bond acceptors (Lipinski definition) is 3. The Bertz CT molecular complexity index is 337. The van der Waals surface area contributed by atoms with Gasteiger partial charge in [-0.15, -0.1) is 0 Å². The van der Waals surface area contributed by atoms with E-state index in [0.717, 1.165) is 23.7 Å². The van der Waals surface area contributed by atoms with Gasteiger partial charge in [-0.05, 0) is 114 Å². The first kappa shape index (κ1) is 18.9. The first-order valence-corrected chi connectivity index (χ1v) is 10.7. The molecule has 3 aliphatic heterocycles. The molecule has 0 saturated carbocycles. The van der Waals surface area contributed by atoms with Gasteiger partial charge in [-0.2, -0.15) is 0 Å². The molecule has 3 saturated heterocycles. The maximum atomic E-state index is 2.54. The SMILES string of the molecule is BN1CCC(CC(CC2CCN(B)CC2)C2CCN(B)CC2)CC1. The van der Waals surface area contributed by atoms with Gasteiger partial charge in [0.1, 0.15) is 0 Å². The normalized spacial score (nSPS) is 27.9. The number of nitrogens with zero attached hydrogens (tertiary/aromatic N) is 3. The standard InChI is InChI=1S/C18H38B3N3/c19-22-7-1-15(2-8-22)13-18(17-5-11-24(21)12-6-17)14-16-3-9-23(20)10-4-16/h15-18H,1-14,19-21H2. The van der Waals surface area contributed by atoms with Gasteiger partial charge in [0.05, 0.1) is 0 Å². The molecule has 0 spiro atoms. The number of piperidine rings is 3. The first-order valence-electron chi connectivity index (χ1n) is 10.7. The summed E-state index contributed by atoms with van der Waals surface area (Å²) in [6.07, 6.45) is 11.8. The molecule has 0 radical (unpaired) electrons. The van der Waals surface area contributed by atoms with E-state index in [0.29, 0.717) is 0 Å². The van der Waals surface area contributed by atoms with Crippen LogP contribution in [-0.2, 0) is 0 Å². The average Bonchev–Trinajstić information content (AvgIpc) is 2.59. The second-order valence-corrected chi connectivity index (χ2v) is 9.37. The smallest absolute Gasteiger partial charge is 0.185 e. The zero-order valence-corrected chi connectivity index (χ0v) is 16.6. The number of rotatable bonds is 5. The van der Waals surface area contributed by atoms with Crippen LogP contribution in [0.1, 0.15) is 51.4 Å². The van der Waals surface area contributed by atoms with Crippen LogP contribution in [0.3, 0.4) is 0 Å². The summed E-state index contributed by atoms with van der Waals surface area (Å²) in [5, 5.41) is 0. The van der Waals surface area contributed by atoms with Gasteiger partial charge >= 0.3 is 0 Å². The monoisotopic (exact) mass is 329 g/mol. The lowest BCUT2D eigenvalue weighted by Gasteiger charge is -2.40. The highest BCUT2D eigenvalue weighted by atomic mass is 15.0. The minimum atomic E-state index is 1.01. The molecule has 0 aromatic heterocycles. The predicted octanol–water partition coefficient (Wildman–Crippen LogP) is 0.163. The molecule has 0 aromatic rings. The molecule has 3 aliphatic rings. The van der Waals surface area contributed by atoms with E-state index in [9.17, 15) is 0 Å². The van der Waals surface area contributed by atoms with E-state index in [-0.39, 0.29) is 0 Å². The van der Waals surface area contributed by atoms with Crippen molar-refractivity contribution in [2.24, 2.45) is 23.7 Å². The van der Waals surface area contributed by atoms with Gasteiger partial charge in [0.25, 0.3) is 0 Å². The quantitative estimate of drug-likeness (QED) is 0.666. The van der Waals surface area contributed by atoms with Crippen LogP contribution in [0.2, 0.25) is 0 Å². The van der Waals surface area contributed by atoms with Crippen molar-refractivity contribution < 1.29 is 0 Å². The molecular weight excluding hydrogens is 291 g/mol. The van der Waals surface area contributed by atoms with E-state index < -0.39 is 0 Å². The van der Waals surface area contributed by atoms with Crippen molar-refractivity contribution in [3.05, 3.63) is 0 Å². The van der Waals surface area contributed by atoms with Crippen LogP contribution in [0.4, 0.5) is 0 Å². The third-order valence-corrected chi connectivity index (χ3v) is 7.38. The summed E-state index contributed by atoms with van der Waals surface area (Å²) in [5.41, 5.74) is 0. The molecule has 0 atom stereocenters. The summed E-state index contributed by atoms with van der Waals surface area (Å²) in [6.45, 7) is 8.00. The summed E-state index contributed by atoms with van der Waals surface area (Å²) < 4.78 is 0. The zero-order valence-electron chi connectivity index (χ0n) is 16.6. The maximum absolute atomic E-state index is 2.54. The van der Waals surface area contributed by atoms with Gasteiger partial charge in [0.15, 0.2) is 23.9 Å². The van der Waals surface area contributed by atoms with Crippen molar-refractivity contribution in [1.29, 1.82) is 0 Å². The Morgan fingerprint density at radius 1 is 0.583 bits per heavy atom. The third-order valence-electron chi connectivity index (χ3n) is 7.38. The van der Waals surface area contributed by atoms with Crippen molar-refractivity contribution in [1.82, 2.24) is 14.4 Å². The van der Waals surface area contributed by atoms with E-state index in [1.165, 1.54) is 90.6 Å². The Morgan fingerprint density at radius 3 is 1.29 bits per heavy atom. The first-order chi connectivity index (χ1) is 11.6. The van der Waals surface area contributed by atoms with Crippen molar-refractivity contribution in [2.75, 3.05) is 39.3 Å². The molecule has 3 heterocycles. The topological polar surface area (TPSA) is 9.72 Å². The van der Waals surface area contributed by atoms with Crippen LogP contribution in [-0.4, -0.2) is 77.6 Å². The highest BCUT2D eigenvalue weighted by molar-refractivity contribution is 6.04. The largest absolute Gasteiger partial charge is 0.349 e. The Kier molecular flexibility index (Phi) is 7.18. The highest BCUT2D eigenvalue weighted by Crippen LogP contribution is 2.38. The van der Waals surface area contributed by atoms with Crippen LogP contribution in [0.5, 0.6) is 0 Å². The van der Waals surface area contributed by atoms with E-state index in [1.807, 2.05) is 0 Å². The van der Waals surface area contributed by atoms with E-state index >= 15 is 0 Å². The van der Waals surface area contributed by atoms with Crippen LogP contribution < -0.4 is 0 Å². The van der Waals surface area contributed by atoms with E-state index in [2.05, 4.69) is 38.4 Å². The van der Waals surface area contributed by atoms with Crippen molar-refractivity contribution in [3.8, 4) is 0 Å². The second kappa shape index (κ2) is 9.14. The molecule has 0 aliphatic carbocycles. The van der Waals surface area contributed by atoms with Crippen molar-refractivity contribution in [2.45, 2.75) is 51.4 Å². The van der Waals surface area contributed by atoms with Crippen LogP contribution in [0.25, 0.3) is 0 Å². The Hall–Kier alpha value is 0.0748. The molecule has 0 unspecified atom stereocenters. The molecule has 3 fully saturated rings. The summed E-state index contributed by atoms with van der Waals surface area (Å²) in [7, 11) is 6.89. The summed E-state index contributed by atoms with van der Waals surface area (Å²) >= 11 is 0. The second-order valence-electron chi connectivity index (χ2n) is 9.37. The van der Waals surface area contributed by atoms with Crippen molar-refractivity contribution in [3.63, 3.8) is 0 Å². The van der Waals surface area contributed by atoms with Gasteiger partial charge in [-0.25, -0.2) is 0 Å². The fraction of sp³-hybridized carbons (Fsp3) is 1.00. The Labute approximate surface area is 153 Å². The van der Waals surface area contributed by atoms with Crippen LogP contribution in [0.15, 0.2) is 0 Å². The van der Waals surface area contributed by atoms with Gasteiger partial charge in [-0.1, -0.05) is 0 Å². The summed E-state index contributed by atoms with van der Waals surface area (Å²) in [5.74, 6) is 4.05. The van der Waals surface area contributed by atoms with E-state index in [1.54, 1.807) is 0 Å². The summed E-state index contributed by atoms with van der Waals surface area (Å²) in [6, 6.07) is 0. The lowest BCUT2D eigenvalue weighted by atomic mass is 9.71. The molecule has 134 valence electrons. The molecule has 3 rings (SSSR count). The number of hydrogen-bond donors (Lipinski definition) is 0. The Balaban J connectivity index is 1.55. The van der Waals surface area contributed by atoms with Crippen molar-refractivity contribution >= 4 is 23.9 Å².